The zero-order valence-corrected chi connectivity index (χ0v) is 14.9. The topological polar surface area (TPSA) is 110 Å². The van der Waals surface area contributed by atoms with E-state index >= 15 is 0 Å². The molecule has 0 aliphatic rings. The fourth-order valence-electron chi connectivity index (χ4n) is 2.50. The van der Waals surface area contributed by atoms with Crippen molar-refractivity contribution >= 4 is 39.7 Å². The molecule has 0 unspecified atom stereocenters. The molecule has 6 nitrogen and oxygen atoms in total. The number of hydrogen-bond donors (Lipinski definition) is 4. The van der Waals surface area contributed by atoms with Crippen LogP contribution in [0.3, 0.4) is 0 Å². The van der Waals surface area contributed by atoms with Crippen LogP contribution in [0, 0.1) is 6.92 Å². The van der Waals surface area contributed by atoms with E-state index in [4.69, 9.17) is 11.5 Å². The number of carbonyl (C=O) groups excluding carboxylic acids is 2. The monoisotopic (exact) mass is 366 g/mol. The summed E-state index contributed by atoms with van der Waals surface area (Å²) < 4.78 is 0. The van der Waals surface area contributed by atoms with Gasteiger partial charge >= 0.3 is 6.03 Å². The number of anilines is 3. The molecule has 0 saturated carbocycles. The van der Waals surface area contributed by atoms with Gasteiger partial charge in [0.15, 0.2) is 0 Å². The quantitative estimate of drug-likeness (QED) is 0.559. The predicted molar refractivity (Wildman–Crippen MR) is 107 cm³/mol. The Morgan fingerprint density at radius 1 is 0.923 bits per heavy atom. The largest absolute Gasteiger partial charge is 0.390 e. The Balaban J connectivity index is 1.71. The lowest BCUT2D eigenvalue weighted by molar-refractivity contribution is 0.100. The minimum atomic E-state index is -0.557. The third-order valence-electron chi connectivity index (χ3n) is 3.83. The number of hydrogen-bond acceptors (Lipinski definition) is 4. The van der Waals surface area contributed by atoms with E-state index in [9.17, 15) is 9.59 Å². The smallest absolute Gasteiger partial charge is 0.323 e. The molecule has 0 spiro atoms. The van der Waals surface area contributed by atoms with Crippen molar-refractivity contribution in [2.45, 2.75) is 6.92 Å². The van der Waals surface area contributed by atoms with Crippen molar-refractivity contribution < 1.29 is 9.59 Å². The Kier molecular flexibility index (Phi) is 4.90. The summed E-state index contributed by atoms with van der Waals surface area (Å²) in [7, 11) is 0. The second-order valence-corrected chi connectivity index (χ2v) is 6.69. The maximum Gasteiger partial charge on any atom is 0.323 e. The number of primary amides is 1. The van der Waals surface area contributed by atoms with E-state index in [1.807, 2.05) is 31.2 Å². The lowest BCUT2D eigenvalue weighted by Gasteiger charge is -2.09. The highest BCUT2D eigenvalue weighted by atomic mass is 32.1. The third-order valence-corrected chi connectivity index (χ3v) is 4.64. The molecule has 6 N–H and O–H groups in total. The van der Waals surface area contributed by atoms with Crippen LogP contribution in [0.5, 0.6) is 0 Å². The standard InChI is InChI=1S/C19H18N4O2S/c1-11-2-6-13(7-3-11)22-19(25)23-14-8-4-12(5-9-14)15-10-26-18(21)16(15)17(20)24/h2-10H,21H2,1H3,(H2,20,24)(H2,22,23,25). The number of carbonyl (C=O) groups is 2. The number of rotatable bonds is 4. The van der Waals surface area contributed by atoms with Gasteiger partial charge in [-0.25, -0.2) is 4.79 Å². The molecular weight excluding hydrogens is 348 g/mol. The van der Waals surface area contributed by atoms with Crippen molar-refractivity contribution in [2.75, 3.05) is 16.4 Å². The number of urea groups is 1. The van der Waals surface area contributed by atoms with Gasteiger partial charge in [-0.05, 0) is 36.8 Å². The Labute approximate surface area is 154 Å². The molecule has 0 fully saturated rings. The summed E-state index contributed by atoms with van der Waals surface area (Å²) >= 11 is 1.27. The van der Waals surface area contributed by atoms with Crippen LogP contribution in [0.4, 0.5) is 21.2 Å². The van der Waals surface area contributed by atoms with Crippen LogP contribution in [-0.4, -0.2) is 11.9 Å². The molecule has 3 aromatic rings. The Hall–Kier alpha value is -3.32. The van der Waals surface area contributed by atoms with Crippen LogP contribution in [0.2, 0.25) is 0 Å². The average molecular weight is 366 g/mol. The molecule has 0 saturated heterocycles. The number of thiophene rings is 1. The predicted octanol–water partition coefficient (Wildman–Crippen LogP) is 4.05. The van der Waals surface area contributed by atoms with Gasteiger partial charge in [-0.3, -0.25) is 4.79 Å². The summed E-state index contributed by atoms with van der Waals surface area (Å²) in [4.78, 5) is 23.6. The van der Waals surface area contributed by atoms with Crippen LogP contribution >= 0.6 is 11.3 Å². The van der Waals surface area contributed by atoms with E-state index < -0.39 is 5.91 Å². The van der Waals surface area contributed by atoms with Crippen LogP contribution in [-0.2, 0) is 0 Å². The first-order chi connectivity index (χ1) is 12.4. The lowest BCUT2D eigenvalue weighted by atomic mass is 10.0. The number of nitrogens with one attached hydrogen (secondary N) is 2. The van der Waals surface area contributed by atoms with Gasteiger partial charge in [-0.2, -0.15) is 0 Å². The van der Waals surface area contributed by atoms with Crippen molar-refractivity contribution in [3.8, 4) is 11.1 Å². The van der Waals surface area contributed by atoms with Crippen molar-refractivity contribution in [2.24, 2.45) is 5.73 Å². The first-order valence-corrected chi connectivity index (χ1v) is 8.74. The van der Waals surface area contributed by atoms with Crippen molar-refractivity contribution in [3.63, 3.8) is 0 Å². The molecule has 0 atom stereocenters. The highest BCUT2D eigenvalue weighted by Gasteiger charge is 2.16. The fraction of sp³-hybridized carbons (Fsp3) is 0.0526. The molecule has 0 radical (unpaired) electrons. The summed E-state index contributed by atoms with van der Waals surface area (Å²) in [5.41, 5.74) is 15.5. The number of aryl methyl sites for hydroxylation is 1. The van der Waals surface area contributed by atoms with Gasteiger partial charge in [0.2, 0.25) is 0 Å². The second kappa shape index (κ2) is 7.28. The van der Waals surface area contributed by atoms with E-state index in [1.54, 1.807) is 29.6 Å². The van der Waals surface area contributed by atoms with Gasteiger partial charge < -0.3 is 22.1 Å². The zero-order chi connectivity index (χ0) is 18.7. The molecule has 0 aliphatic carbocycles. The molecule has 132 valence electrons. The van der Waals surface area contributed by atoms with Crippen LogP contribution < -0.4 is 22.1 Å². The summed E-state index contributed by atoms with van der Waals surface area (Å²) in [6.07, 6.45) is 0. The van der Waals surface area contributed by atoms with Crippen LogP contribution in [0.1, 0.15) is 15.9 Å². The molecular formula is C19H18N4O2S. The first-order valence-electron chi connectivity index (χ1n) is 7.86. The number of benzene rings is 2. The van der Waals surface area contributed by atoms with Crippen molar-refractivity contribution in [1.82, 2.24) is 0 Å². The molecule has 0 bridgehead atoms. The van der Waals surface area contributed by atoms with Gasteiger partial charge in [0.25, 0.3) is 5.91 Å². The van der Waals surface area contributed by atoms with Gasteiger partial charge in [0.1, 0.15) is 0 Å². The molecule has 1 aromatic heterocycles. The van der Waals surface area contributed by atoms with Crippen LogP contribution in [0.15, 0.2) is 53.9 Å². The van der Waals surface area contributed by atoms with Gasteiger partial charge in [0, 0.05) is 22.3 Å². The van der Waals surface area contributed by atoms with Crippen molar-refractivity contribution in [1.29, 1.82) is 0 Å². The number of nitrogen functional groups attached to an aromatic ring is 1. The van der Waals surface area contributed by atoms with E-state index in [0.29, 0.717) is 27.5 Å². The molecule has 1 heterocycles. The summed E-state index contributed by atoms with van der Waals surface area (Å²) in [6.45, 7) is 1.98. The average Bonchev–Trinajstić information content (AvgIpc) is 2.99. The molecule has 0 aliphatic heterocycles. The Morgan fingerprint density at radius 2 is 1.46 bits per heavy atom. The highest BCUT2D eigenvalue weighted by Crippen LogP contribution is 2.33. The third kappa shape index (κ3) is 3.84. The molecule has 2 aromatic carbocycles. The molecule has 3 rings (SSSR count). The zero-order valence-electron chi connectivity index (χ0n) is 14.1. The van der Waals surface area contributed by atoms with Gasteiger partial charge in [-0.1, -0.05) is 29.8 Å². The maximum absolute atomic E-state index is 12.1. The molecule has 3 amide bonds. The summed E-state index contributed by atoms with van der Waals surface area (Å²) in [5.74, 6) is -0.557. The van der Waals surface area contributed by atoms with Crippen LogP contribution in [0.25, 0.3) is 11.1 Å². The van der Waals surface area contributed by atoms with E-state index in [1.165, 1.54) is 11.3 Å². The minimum absolute atomic E-state index is 0.327. The fourth-order valence-corrected chi connectivity index (χ4v) is 3.33. The molecule has 26 heavy (non-hydrogen) atoms. The summed E-state index contributed by atoms with van der Waals surface area (Å²) in [5, 5.41) is 7.72. The first kappa shape index (κ1) is 17.5. The maximum atomic E-state index is 12.1. The van der Waals surface area contributed by atoms with Crippen molar-refractivity contribution in [3.05, 3.63) is 65.0 Å². The van der Waals surface area contributed by atoms with E-state index in [2.05, 4.69) is 10.6 Å². The Morgan fingerprint density at radius 3 is 2.00 bits per heavy atom. The number of nitrogens with two attached hydrogens (primary N) is 2. The minimum Gasteiger partial charge on any atom is -0.390 e. The number of amides is 3. The molecule has 7 heteroatoms. The highest BCUT2D eigenvalue weighted by molar-refractivity contribution is 7.15. The van der Waals surface area contributed by atoms with E-state index in [0.717, 1.165) is 11.1 Å². The van der Waals surface area contributed by atoms with Gasteiger partial charge in [-0.15, -0.1) is 11.3 Å². The normalized spacial score (nSPS) is 10.3. The summed E-state index contributed by atoms with van der Waals surface area (Å²) in [6, 6.07) is 14.3. The second-order valence-electron chi connectivity index (χ2n) is 5.78. The van der Waals surface area contributed by atoms with Gasteiger partial charge in [0.05, 0.1) is 10.6 Å². The SMILES string of the molecule is Cc1ccc(NC(=O)Nc2ccc(-c3csc(N)c3C(N)=O)cc2)cc1. The lowest BCUT2D eigenvalue weighted by Crippen LogP contribution is -2.19. The Bertz CT molecular complexity index is 947. The van der Waals surface area contributed by atoms with E-state index in [-0.39, 0.29) is 6.03 Å².